The van der Waals surface area contributed by atoms with Gasteiger partial charge in [0, 0.05) is 44.1 Å². The van der Waals surface area contributed by atoms with Crippen LogP contribution in [0.15, 0.2) is 91.1 Å². The van der Waals surface area contributed by atoms with Crippen LogP contribution >= 0.6 is 0 Å². The van der Waals surface area contributed by atoms with E-state index in [2.05, 4.69) is 88.3 Å². The Morgan fingerprint density at radius 1 is 0.850 bits per heavy atom. The van der Waals surface area contributed by atoms with Gasteiger partial charge in [-0.3, -0.25) is 9.59 Å². The monoisotopic (exact) mass is 851 g/mol. The molecule has 12 nitrogen and oxygen atoms in total. The molecule has 0 unspecified atom stereocenters. The predicted molar refractivity (Wildman–Crippen MR) is 240 cm³/mol. The molecule has 4 N–H and O–H groups in total. The van der Waals surface area contributed by atoms with E-state index in [1.807, 2.05) is 13.8 Å². The van der Waals surface area contributed by atoms with E-state index in [0.717, 1.165) is 55.5 Å². The number of hydrogen-bond donors (Lipinski definition) is 4. The zero-order valence-corrected chi connectivity index (χ0v) is 36.7. The molecule has 1 heterocycles. The quantitative estimate of drug-likeness (QED) is 0.0479. The Labute approximate surface area is 357 Å². The molecule has 0 aliphatic rings. The molecule has 0 spiro atoms. The summed E-state index contributed by atoms with van der Waals surface area (Å²) in [5, 5.41) is 26.8. The smallest absolute Gasteiger partial charge is 0.239 e. The second kappa shape index (κ2) is 29.5. The van der Waals surface area contributed by atoms with Crippen LogP contribution in [0.25, 0.3) is 17.3 Å². The van der Waals surface area contributed by atoms with Gasteiger partial charge in [-0.25, -0.2) is 27.1 Å². The molecule has 0 bridgehead atoms. The molecule has 60 heavy (non-hydrogen) atoms. The van der Waals surface area contributed by atoms with E-state index in [1.165, 1.54) is 37.4 Å². The van der Waals surface area contributed by atoms with Gasteiger partial charge in [-0.15, -0.1) is 0 Å². The number of sulfonamides is 1. The number of anilines is 1. The zero-order chi connectivity index (χ0) is 44.2. The first kappa shape index (κ1) is 51.4. The van der Waals surface area contributed by atoms with Crippen molar-refractivity contribution in [2.24, 2.45) is 0 Å². The van der Waals surface area contributed by atoms with Gasteiger partial charge in [-0.2, -0.15) is 0 Å². The molecule has 0 radical (unpaired) electrons. The number of benzene rings is 1. The maximum absolute atomic E-state index is 13.8. The van der Waals surface area contributed by atoms with Crippen molar-refractivity contribution in [2.45, 2.75) is 103 Å². The molecule has 0 saturated heterocycles. The van der Waals surface area contributed by atoms with Crippen molar-refractivity contribution in [1.82, 2.24) is 20.6 Å². The lowest BCUT2D eigenvalue weighted by Crippen LogP contribution is -2.32. The van der Waals surface area contributed by atoms with Crippen LogP contribution in [0.4, 0.5) is 10.3 Å². The maximum Gasteiger partial charge on any atom is 0.239 e. The second-order valence-corrected chi connectivity index (χ2v) is 16.5. The minimum atomic E-state index is -3.69. The van der Waals surface area contributed by atoms with Crippen LogP contribution in [0.5, 0.6) is 0 Å². The van der Waals surface area contributed by atoms with E-state index in [4.69, 9.17) is 4.74 Å². The van der Waals surface area contributed by atoms with Crippen molar-refractivity contribution < 1.29 is 37.3 Å². The first-order valence-electron chi connectivity index (χ1n) is 20.7. The summed E-state index contributed by atoms with van der Waals surface area (Å²) < 4.78 is 44.8. The Hall–Kier alpha value is -4.76. The fourth-order valence-corrected chi connectivity index (χ4v) is 5.97. The van der Waals surface area contributed by atoms with Gasteiger partial charge < -0.3 is 25.6 Å². The highest BCUT2D eigenvalue weighted by atomic mass is 32.2. The van der Waals surface area contributed by atoms with Gasteiger partial charge in [0.2, 0.25) is 27.8 Å². The fourth-order valence-electron chi connectivity index (χ4n) is 5.59. The van der Waals surface area contributed by atoms with Crippen molar-refractivity contribution in [1.29, 1.82) is 0 Å². The summed E-state index contributed by atoms with van der Waals surface area (Å²) in [6.07, 6.45) is 29.8. The number of nitrogens with one attached hydrogen (secondary N) is 2. The van der Waals surface area contributed by atoms with E-state index < -0.39 is 34.0 Å². The van der Waals surface area contributed by atoms with E-state index in [1.54, 1.807) is 6.08 Å². The third-order valence-corrected chi connectivity index (χ3v) is 10.1. The molecule has 330 valence electrons. The van der Waals surface area contributed by atoms with E-state index >= 15 is 0 Å². The number of carbonyl (C=O) groups excluding carboxylic acids is 2. The van der Waals surface area contributed by atoms with Gasteiger partial charge in [0.1, 0.15) is 5.82 Å². The molecule has 2 aromatic rings. The maximum atomic E-state index is 13.8. The normalized spacial score (nSPS) is 13.6. The number of carbonyl (C=O) groups is 2. The van der Waals surface area contributed by atoms with Crippen molar-refractivity contribution in [2.75, 3.05) is 43.9 Å². The molecule has 14 heteroatoms. The minimum Gasteiger partial charge on any atom is -0.392 e. The van der Waals surface area contributed by atoms with Crippen LogP contribution in [-0.2, 0) is 24.3 Å². The Bertz CT molecular complexity index is 1880. The molecule has 1 aromatic heterocycles. The highest BCUT2D eigenvalue weighted by Crippen LogP contribution is 2.32. The number of nitrogens with zero attached hydrogens (tertiary/aromatic N) is 3. The summed E-state index contributed by atoms with van der Waals surface area (Å²) in [4.78, 5) is 33.5. The molecule has 2 amide bonds. The molecular weight excluding hydrogens is 786 g/mol. The van der Waals surface area contributed by atoms with Crippen molar-refractivity contribution >= 4 is 33.9 Å². The Morgan fingerprint density at radius 2 is 1.40 bits per heavy atom. The first-order valence-corrected chi connectivity index (χ1v) is 22.6. The summed E-state index contributed by atoms with van der Waals surface area (Å²) in [7, 11) is -2.35. The van der Waals surface area contributed by atoms with E-state index in [0.29, 0.717) is 42.1 Å². The fraction of sp³-hybridized carbons (Fsp3) is 0.478. The molecule has 2 atom stereocenters. The summed E-state index contributed by atoms with van der Waals surface area (Å²) in [6.45, 7) is 6.97. The molecular formula is C46H66FN5O7S. The third kappa shape index (κ3) is 22.0. The molecule has 0 aliphatic heterocycles. The number of ether oxygens (including phenoxy) is 1. The Balaban J connectivity index is 1.67. The number of unbranched alkanes of at least 4 members (excludes halogenated alkanes) is 1. The van der Waals surface area contributed by atoms with Gasteiger partial charge in [0.15, 0.2) is 0 Å². The highest BCUT2D eigenvalue weighted by molar-refractivity contribution is 7.92. The van der Waals surface area contributed by atoms with Crippen LogP contribution < -0.4 is 14.9 Å². The van der Waals surface area contributed by atoms with Crippen LogP contribution in [0.2, 0.25) is 0 Å². The van der Waals surface area contributed by atoms with Gasteiger partial charge in [-0.1, -0.05) is 93.7 Å². The summed E-state index contributed by atoms with van der Waals surface area (Å²) in [5.74, 6) is -1.16. The molecule has 2 rings (SSSR count). The van der Waals surface area contributed by atoms with Crippen LogP contribution in [0, 0.1) is 5.82 Å². The lowest BCUT2D eigenvalue weighted by atomic mass is 9.97. The number of hydrogen-bond acceptors (Lipinski definition) is 9. The van der Waals surface area contributed by atoms with Crippen molar-refractivity contribution in [3.63, 3.8) is 0 Å². The highest BCUT2D eigenvalue weighted by Gasteiger charge is 2.23. The minimum absolute atomic E-state index is 0.0392. The number of halogens is 1. The zero-order valence-electron chi connectivity index (χ0n) is 35.9. The standard InChI is InChI=1S/C46H66FN5O7S/c1-6-7-8-9-10-11-12-13-14-15-16-17-18-19-20-21-22-23-42(55)48-30-32-59-33-31-49-43(56)35-40(54)34-39(53)28-29-41-44(36(2)3)50-46(52(4)60(5,57)58)51-45(41)37-24-26-38(47)27-25-37/h7-8,10-11,13-14,16-17,19-20,24-29,36,39-40,53-54H,6,9,12,15,18,21-23,30-35H2,1-5H3,(H,48,55)(H,49,56)/b8-7-,11-10-,14-13-,17-16-,20-19-,29-28+/t39-,40-/m1/s1. The molecule has 0 aliphatic carbocycles. The first-order chi connectivity index (χ1) is 28.7. The summed E-state index contributed by atoms with van der Waals surface area (Å²) in [6, 6.07) is 5.56. The van der Waals surface area contributed by atoms with Crippen molar-refractivity contribution in [3.05, 3.63) is 108 Å². The lowest BCUT2D eigenvalue weighted by molar-refractivity contribution is -0.123. The van der Waals surface area contributed by atoms with Gasteiger partial charge in [0.05, 0.1) is 49.5 Å². The summed E-state index contributed by atoms with van der Waals surface area (Å²) in [5.41, 5.74) is 1.83. The Kier molecular flexibility index (Phi) is 25.2. The lowest BCUT2D eigenvalue weighted by Gasteiger charge is -2.20. The summed E-state index contributed by atoms with van der Waals surface area (Å²) >= 11 is 0. The largest absolute Gasteiger partial charge is 0.392 e. The SMILES string of the molecule is CC/C=C\C/C=C\C/C=C\C/C=C\C/C=C\CCCC(=O)NCCOCCNC(=O)C[C@H](O)C[C@H](O)/C=C/c1c(-c2ccc(F)cc2)nc(N(C)S(C)(=O)=O)nc1C(C)C. The third-order valence-electron chi connectivity index (χ3n) is 8.90. The average Bonchev–Trinajstić information content (AvgIpc) is 3.20. The Morgan fingerprint density at radius 3 is 1.95 bits per heavy atom. The van der Waals surface area contributed by atoms with Crippen LogP contribution in [-0.4, -0.2) is 92.2 Å². The predicted octanol–water partition coefficient (Wildman–Crippen LogP) is 7.49. The second-order valence-electron chi connectivity index (χ2n) is 14.5. The molecule has 1 aromatic carbocycles. The number of amides is 2. The van der Waals surface area contributed by atoms with Crippen LogP contribution in [0.3, 0.4) is 0 Å². The topological polar surface area (TPSA) is 171 Å². The number of aliphatic hydroxyl groups is 2. The van der Waals surface area contributed by atoms with Crippen molar-refractivity contribution in [3.8, 4) is 11.3 Å². The van der Waals surface area contributed by atoms with Crippen LogP contribution in [0.1, 0.15) is 102 Å². The van der Waals surface area contributed by atoms with Gasteiger partial charge >= 0.3 is 0 Å². The molecule has 0 fully saturated rings. The van der Waals surface area contributed by atoms with E-state index in [9.17, 15) is 32.6 Å². The number of allylic oxidation sites excluding steroid dienone is 10. The average molecular weight is 852 g/mol. The number of aromatic nitrogens is 2. The van der Waals surface area contributed by atoms with E-state index in [-0.39, 0.29) is 43.8 Å². The number of aliphatic hydroxyl groups excluding tert-OH is 2. The number of rotatable bonds is 29. The van der Waals surface area contributed by atoms with Gasteiger partial charge in [-0.05, 0) is 75.1 Å². The molecule has 0 saturated carbocycles. The van der Waals surface area contributed by atoms with Gasteiger partial charge in [0.25, 0.3) is 0 Å².